The lowest BCUT2D eigenvalue weighted by Gasteiger charge is -2.03. The number of benzene rings is 1. The number of rotatable bonds is 4. The summed E-state index contributed by atoms with van der Waals surface area (Å²) in [6.45, 7) is 0. The largest absolute Gasteiger partial charge is 0.478 e. The lowest BCUT2D eigenvalue weighted by molar-refractivity contribution is -0.133. The minimum absolute atomic E-state index is 0.0890. The van der Waals surface area contributed by atoms with E-state index in [2.05, 4.69) is 12.6 Å². The van der Waals surface area contributed by atoms with Crippen molar-refractivity contribution in [1.29, 1.82) is 0 Å². The number of carboxylic acids is 1. The second kappa shape index (κ2) is 5.41. The van der Waals surface area contributed by atoms with Gasteiger partial charge in [0, 0.05) is 5.75 Å². The number of hydrogen-bond acceptors (Lipinski definition) is 4. The van der Waals surface area contributed by atoms with Gasteiger partial charge in [-0.2, -0.15) is 12.6 Å². The molecule has 0 saturated carbocycles. The van der Waals surface area contributed by atoms with E-state index in [-0.39, 0.29) is 17.7 Å². The summed E-state index contributed by atoms with van der Waals surface area (Å²) in [5, 5.41) is 8.69. The third-order valence-electron chi connectivity index (χ3n) is 1.63. The van der Waals surface area contributed by atoms with Crippen molar-refractivity contribution in [3.05, 3.63) is 29.8 Å². The summed E-state index contributed by atoms with van der Waals surface area (Å²) in [6.07, 6.45) is 0.195. The van der Waals surface area contributed by atoms with Gasteiger partial charge in [0.25, 0.3) is 0 Å². The lowest BCUT2D eigenvalue weighted by atomic mass is 10.2. The Balaban J connectivity index is 2.73. The molecule has 0 saturated heterocycles. The van der Waals surface area contributed by atoms with E-state index in [0.29, 0.717) is 5.75 Å². The maximum Gasteiger partial charge on any atom is 0.335 e. The smallest absolute Gasteiger partial charge is 0.335 e. The normalized spacial score (nSPS) is 9.67. The van der Waals surface area contributed by atoms with Crippen molar-refractivity contribution in [3.8, 4) is 5.75 Å². The molecule has 80 valence electrons. The Labute approximate surface area is 92.3 Å². The third kappa shape index (κ3) is 3.63. The molecule has 0 aliphatic carbocycles. The van der Waals surface area contributed by atoms with E-state index >= 15 is 0 Å². The van der Waals surface area contributed by atoms with Crippen LogP contribution >= 0.6 is 12.6 Å². The molecule has 15 heavy (non-hydrogen) atoms. The zero-order chi connectivity index (χ0) is 11.3. The van der Waals surface area contributed by atoms with Crippen molar-refractivity contribution in [2.45, 2.75) is 6.42 Å². The van der Waals surface area contributed by atoms with Crippen LogP contribution in [0.3, 0.4) is 0 Å². The van der Waals surface area contributed by atoms with Crippen LogP contribution in [0.15, 0.2) is 24.3 Å². The zero-order valence-corrected chi connectivity index (χ0v) is 8.74. The molecule has 0 aliphatic rings. The van der Waals surface area contributed by atoms with E-state index < -0.39 is 11.9 Å². The van der Waals surface area contributed by atoms with Gasteiger partial charge in [-0.15, -0.1) is 0 Å². The first-order chi connectivity index (χ1) is 7.13. The molecule has 0 unspecified atom stereocenters. The minimum Gasteiger partial charge on any atom is -0.478 e. The van der Waals surface area contributed by atoms with Gasteiger partial charge in [0.1, 0.15) is 5.75 Å². The van der Waals surface area contributed by atoms with Crippen molar-refractivity contribution in [1.82, 2.24) is 0 Å². The van der Waals surface area contributed by atoms with Crippen LogP contribution in [0.2, 0.25) is 0 Å². The fourth-order valence-corrected chi connectivity index (χ4v) is 1.15. The first kappa shape index (κ1) is 11.6. The molecule has 0 aromatic heterocycles. The van der Waals surface area contributed by atoms with E-state index in [1.165, 1.54) is 24.3 Å². The molecule has 4 nitrogen and oxygen atoms in total. The predicted molar refractivity (Wildman–Crippen MR) is 57.5 cm³/mol. The Morgan fingerprint density at radius 1 is 1.40 bits per heavy atom. The van der Waals surface area contributed by atoms with Gasteiger partial charge in [-0.3, -0.25) is 4.79 Å². The lowest BCUT2D eigenvalue weighted by Crippen LogP contribution is -2.08. The number of carbonyl (C=O) groups is 2. The van der Waals surface area contributed by atoms with Gasteiger partial charge in [-0.05, 0) is 18.2 Å². The monoisotopic (exact) mass is 226 g/mol. The highest BCUT2D eigenvalue weighted by Gasteiger charge is 2.07. The van der Waals surface area contributed by atoms with E-state index in [1.54, 1.807) is 0 Å². The summed E-state index contributed by atoms with van der Waals surface area (Å²) < 4.78 is 4.89. The van der Waals surface area contributed by atoms with Crippen LogP contribution in [0.25, 0.3) is 0 Å². The molecule has 0 atom stereocenters. The van der Waals surface area contributed by atoms with E-state index in [0.717, 1.165) is 0 Å². The highest BCUT2D eigenvalue weighted by molar-refractivity contribution is 7.80. The highest BCUT2D eigenvalue weighted by Crippen LogP contribution is 2.13. The Kier molecular flexibility index (Phi) is 4.17. The summed E-state index contributed by atoms with van der Waals surface area (Å²) in [5.41, 5.74) is 0.0890. The number of hydrogen-bond donors (Lipinski definition) is 2. The molecule has 0 radical (unpaired) electrons. The Morgan fingerprint density at radius 2 is 2.13 bits per heavy atom. The second-order valence-corrected chi connectivity index (χ2v) is 3.23. The summed E-state index contributed by atoms with van der Waals surface area (Å²) >= 11 is 3.88. The van der Waals surface area contributed by atoms with E-state index in [1.807, 2.05) is 0 Å². The van der Waals surface area contributed by atoms with Crippen molar-refractivity contribution >= 4 is 24.6 Å². The fraction of sp³-hybridized carbons (Fsp3) is 0.200. The quantitative estimate of drug-likeness (QED) is 0.465. The third-order valence-corrected chi connectivity index (χ3v) is 1.85. The van der Waals surface area contributed by atoms with Crippen LogP contribution in [-0.2, 0) is 4.79 Å². The number of ether oxygens (including phenoxy) is 1. The summed E-state index contributed by atoms with van der Waals surface area (Å²) in [7, 11) is 0. The zero-order valence-electron chi connectivity index (χ0n) is 7.84. The van der Waals surface area contributed by atoms with Crippen LogP contribution in [0.4, 0.5) is 0 Å². The molecule has 1 N–H and O–H groups in total. The summed E-state index contributed by atoms with van der Waals surface area (Å²) in [5.74, 6) is -0.839. The van der Waals surface area contributed by atoms with Crippen LogP contribution in [-0.4, -0.2) is 22.8 Å². The molecule has 1 rings (SSSR count). The van der Waals surface area contributed by atoms with Crippen molar-refractivity contribution in [2.24, 2.45) is 0 Å². The van der Waals surface area contributed by atoms with Gasteiger partial charge in [0.05, 0.1) is 12.0 Å². The summed E-state index contributed by atoms with van der Waals surface area (Å²) in [4.78, 5) is 21.7. The van der Waals surface area contributed by atoms with Crippen molar-refractivity contribution in [2.75, 3.05) is 5.75 Å². The molecular formula is C10H10O4S. The van der Waals surface area contributed by atoms with Crippen LogP contribution in [0.1, 0.15) is 16.8 Å². The van der Waals surface area contributed by atoms with Crippen LogP contribution < -0.4 is 4.74 Å². The summed E-state index contributed by atoms with van der Waals surface area (Å²) in [6, 6.07) is 5.78. The number of thiol groups is 1. The molecule has 0 aliphatic heterocycles. The van der Waals surface area contributed by atoms with Gasteiger partial charge in [-0.1, -0.05) is 6.07 Å². The Hall–Kier alpha value is -1.49. The van der Waals surface area contributed by atoms with Gasteiger partial charge in [-0.25, -0.2) is 4.79 Å². The maximum atomic E-state index is 11.1. The standard InChI is InChI=1S/C10H10O4S/c11-9(4-5-15)14-8-3-1-2-7(6-8)10(12)13/h1-3,6,15H,4-5H2,(H,12,13). The molecule has 0 fully saturated rings. The van der Waals surface area contributed by atoms with Crippen LogP contribution in [0.5, 0.6) is 5.75 Å². The van der Waals surface area contributed by atoms with Gasteiger partial charge >= 0.3 is 11.9 Å². The Morgan fingerprint density at radius 3 is 2.73 bits per heavy atom. The van der Waals surface area contributed by atoms with E-state index in [9.17, 15) is 9.59 Å². The number of carbonyl (C=O) groups excluding carboxylic acids is 1. The molecule has 0 amide bonds. The molecular weight excluding hydrogens is 216 g/mol. The highest BCUT2D eigenvalue weighted by atomic mass is 32.1. The average Bonchev–Trinajstić information content (AvgIpc) is 2.18. The molecule has 5 heteroatoms. The van der Waals surface area contributed by atoms with Gasteiger partial charge < -0.3 is 9.84 Å². The first-order valence-electron chi connectivity index (χ1n) is 4.28. The average molecular weight is 226 g/mol. The van der Waals surface area contributed by atoms with E-state index in [4.69, 9.17) is 9.84 Å². The molecule has 0 spiro atoms. The van der Waals surface area contributed by atoms with Crippen LogP contribution in [0, 0.1) is 0 Å². The fourth-order valence-electron chi connectivity index (χ4n) is 0.966. The topological polar surface area (TPSA) is 63.6 Å². The number of carboxylic acid groups (broad SMARTS) is 1. The number of esters is 1. The Bertz CT molecular complexity index is 375. The van der Waals surface area contributed by atoms with Crippen molar-refractivity contribution in [3.63, 3.8) is 0 Å². The van der Waals surface area contributed by atoms with Gasteiger partial charge in [0.2, 0.25) is 0 Å². The molecule has 1 aromatic rings. The maximum absolute atomic E-state index is 11.1. The van der Waals surface area contributed by atoms with Crippen molar-refractivity contribution < 1.29 is 19.4 Å². The molecule has 0 bridgehead atoms. The van der Waals surface area contributed by atoms with Gasteiger partial charge in [0.15, 0.2) is 0 Å². The predicted octanol–water partition coefficient (Wildman–Crippen LogP) is 1.61. The molecule has 1 aromatic carbocycles. The SMILES string of the molecule is O=C(CCS)Oc1cccc(C(=O)O)c1. The first-order valence-corrected chi connectivity index (χ1v) is 4.91. The molecule has 0 heterocycles. The second-order valence-electron chi connectivity index (χ2n) is 2.78. The minimum atomic E-state index is -1.05. The number of aromatic carboxylic acids is 1.